The van der Waals surface area contributed by atoms with Crippen molar-refractivity contribution in [2.75, 3.05) is 5.75 Å². The minimum absolute atomic E-state index is 0.0816. The van der Waals surface area contributed by atoms with Gasteiger partial charge in [0.05, 0.1) is 11.0 Å². The molecule has 3 atom stereocenters. The van der Waals surface area contributed by atoms with E-state index < -0.39 is 9.84 Å². The number of sulfone groups is 1. The largest absolute Gasteiger partial charge is 0.271 e. The Balaban J connectivity index is 2.65. The molecule has 3 unspecified atom stereocenters. The van der Waals surface area contributed by atoms with Gasteiger partial charge in [-0.3, -0.25) is 11.3 Å². The average molecular weight is 262 g/mol. The van der Waals surface area contributed by atoms with Crippen molar-refractivity contribution >= 4 is 9.84 Å². The molecule has 0 amide bonds. The fraction of sp³-hybridized carbons (Fsp3) is 1.00. The molecule has 0 saturated carbocycles. The quantitative estimate of drug-likeness (QED) is 0.563. The van der Waals surface area contributed by atoms with Gasteiger partial charge in [-0.05, 0) is 25.2 Å². The molecule has 0 aromatic heterocycles. The molecular weight excluding hydrogens is 236 g/mol. The standard InChI is InChI=1S/C12H26N2O2S/c1-3-6-10(2)9-11(14-13)12-7-4-5-8-17(12,15)16/h10-12,14H,3-9,13H2,1-2H3. The molecule has 1 rings (SSSR count). The first-order valence-electron chi connectivity index (χ1n) is 6.69. The molecule has 0 aromatic rings. The fourth-order valence-electron chi connectivity index (χ4n) is 2.80. The van der Waals surface area contributed by atoms with Crippen molar-refractivity contribution in [3.05, 3.63) is 0 Å². The maximum absolute atomic E-state index is 12.0. The molecule has 1 fully saturated rings. The summed E-state index contributed by atoms with van der Waals surface area (Å²) in [5.74, 6) is 6.41. The van der Waals surface area contributed by atoms with Gasteiger partial charge in [0.15, 0.2) is 9.84 Å². The van der Waals surface area contributed by atoms with Gasteiger partial charge in [0.1, 0.15) is 0 Å². The highest BCUT2D eigenvalue weighted by Gasteiger charge is 2.35. The summed E-state index contributed by atoms with van der Waals surface area (Å²) in [5, 5.41) is -0.277. The molecule has 0 bridgehead atoms. The maximum atomic E-state index is 12.0. The van der Waals surface area contributed by atoms with Gasteiger partial charge in [-0.25, -0.2) is 8.42 Å². The highest BCUT2D eigenvalue weighted by Crippen LogP contribution is 2.26. The topological polar surface area (TPSA) is 72.2 Å². The molecule has 1 heterocycles. The van der Waals surface area contributed by atoms with E-state index in [1.807, 2.05) is 0 Å². The van der Waals surface area contributed by atoms with E-state index in [4.69, 9.17) is 5.84 Å². The van der Waals surface area contributed by atoms with Crippen LogP contribution < -0.4 is 11.3 Å². The van der Waals surface area contributed by atoms with Gasteiger partial charge in [-0.1, -0.05) is 33.1 Å². The Morgan fingerprint density at radius 3 is 2.65 bits per heavy atom. The third-order valence-electron chi connectivity index (χ3n) is 3.73. The molecule has 0 aliphatic carbocycles. The van der Waals surface area contributed by atoms with Crippen molar-refractivity contribution in [2.24, 2.45) is 11.8 Å². The molecule has 5 heteroatoms. The van der Waals surface area contributed by atoms with Gasteiger partial charge in [0.25, 0.3) is 0 Å². The van der Waals surface area contributed by atoms with Crippen molar-refractivity contribution < 1.29 is 8.42 Å². The second-order valence-electron chi connectivity index (χ2n) is 5.30. The van der Waals surface area contributed by atoms with E-state index in [-0.39, 0.29) is 11.3 Å². The molecule has 0 radical (unpaired) electrons. The van der Waals surface area contributed by atoms with E-state index in [9.17, 15) is 8.42 Å². The summed E-state index contributed by atoms with van der Waals surface area (Å²) in [4.78, 5) is 0. The molecule has 17 heavy (non-hydrogen) atoms. The Bertz CT molecular complexity index is 316. The van der Waals surface area contributed by atoms with Crippen LogP contribution >= 0.6 is 0 Å². The molecule has 1 aliphatic heterocycles. The smallest absolute Gasteiger partial charge is 0.154 e. The Hall–Kier alpha value is -0.130. The zero-order valence-corrected chi connectivity index (χ0v) is 11.8. The fourth-order valence-corrected chi connectivity index (χ4v) is 4.93. The zero-order valence-electron chi connectivity index (χ0n) is 11.0. The number of rotatable bonds is 6. The Morgan fingerprint density at radius 2 is 2.12 bits per heavy atom. The number of hydrogen-bond donors (Lipinski definition) is 2. The summed E-state index contributed by atoms with van der Waals surface area (Å²) in [6.45, 7) is 4.32. The van der Waals surface area contributed by atoms with Crippen molar-refractivity contribution in [2.45, 2.75) is 63.7 Å². The van der Waals surface area contributed by atoms with E-state index in [0.717, 1.165) is 38.5 Å². The van der Waals surface area contributed by atoms with Crippen LogP contribution in [0.15, 0.2) is 0 Å². The van der Waals surface area contributed by atoms with Crippen LogP contribution in [0.2, 0.25) is 0 Å². The third kappa shape index (κ3) is 4.23. The van der Waals surface area contributed by atoms with Crippen LogP contribution in [0.4, 0.5) is 0 Å². The predicted molar refractivity (Wildman–Crippen MR) is 71.2 cm³/mol. The second-order valence-corrected chi connectivity index (χ2v) is 7.64. The SMILES string of the molecule is CCCC(C)CC(NN)C1CCCCS1(=O)=O. The van der Waals surface area contributed by atoms with Gasteiger partial charge < -0.3 is 0 Å². The summed E-state index contributed by atoms with van der Waals surface area (Å²) in [6.07, 6.45) is 5.69. The minimum Gasteiger partial charge on any atom is -0.271 e. The molecule has 3 N–H and O–H groups in total. The summed E-state index contributed by atoms with van der Waals surface area (Å²) in [7, 11) is -2.94. The van der Waals surface area contributed by atoms with E-state index in [2.05, 4.69) is 19.3 Å². The van der Waals surface area contributed by atoms with E-state index in [1.54, 1.807) is 0 Å². The van der Waals surface area contributed by atoms with E-state index in [1.165, 1.54) is 0 Å². The van der Waals surface area contributed by atoms with Crippen LogP contribution in [0.5, 0.6) is 0 Å². The predicted octanol–water partition coefficient (Wildman–Crippen LogP) is 1.61. The van der Waals surface area contributed by atoms with E-state index in [0.29, 0.717) is 11.7 Å². The van der Waals surface area contributed by atoms with Crippen LogP contribution in [0, 0.1) is 5.92 Å². The van der Waals surface area contributed by atoms with Crippen LogP contribution in [0.3, 0.4) is 0 Å². The van der Waals surface area contributed by atoms with Crippen molar-refractivity contribution in [3.63, 3.8) is 0 Å². The maximum Gasteiger partial charge on any atom is 0.154 e. The van der Waals surface area contributed by atoms with Crippen molar-refractivity contribution in [1.29, 1.82) is 0 Å². The Morgan fingerprint density at radius 1 is 1.41 bits per heavy atom. The number of nitrogens with two attached hydrogens (primary N) is 1. The Labute approximate surface area is 105 Å². The summed E-state index contributed by atoms with van der Waals surface area (Å²) in [5.41, 5.74) is 2.74. The minimum atomic E-state index is -2.94. The number of hydrogen-bond acceptors (Lipinski definition) is 4. The monoisotopic (exact) mass is 262 g/mol. The van der Waals surface area contributed by atoms with Gasteiger partial charge >= 0.3 is 0 Å². The molecule has 1 saturated heterocycles. The lowest BCUT2D eigenvalue weighted by atomic mass is 9.94. The number of hydrazine groups is 1. The van der Waals surface area contributed by atoms with Crippen molar-refractivity contribution in [3.8, 4) is 0 Å². The number of nitrogens with one attached hydrogen (secondary N) is 1. The lowest BCUT2D eigenvalue weighted by molar-refractivity contribution is 0.357. The van der Waals surface area contributed by atoms with Crippen LogP contribution in [0.25, 0.3) is 0 Å². The first kappa shape index (κ1) is 14.9. The van der Waals surface area contributed by atoms with Crippen LogP contribution in [-0.2, 0) is 9.84 Å². The van der Waals surface area contributed by atoms with Gasteiger partial charge in [0, 0.05) is 6.04 Å². The lowest BCUT2D eigenvalue weighted by Gasteiger charge is -2.31. The van der Waals surface area contributed by atoms with Gasteiger partial charge in [-0.15, -0.1) is 0 Å². The van der Waals surface area contributed by atoms with Crippen LogP contribution in [-0.4, -0.2) is 25.5 Å². The molecule has 102 valence electrons. The highest BCUT2D eigenvalue weighted by molar-refractivity contribution is 7.92. The normalized spacial score (nSPS) is 27.6. The molecule has 1 aliphatic rings. The molecule has 4 nitrogen and oxygen atoms in total. The highest BCUT2D eigenvalue weighted by atomic mass is 32.2. The van der Waals surface area contributed by atoms with Crippen LogP contribution in [0.1, 0.15) is 52.4 Å². The zero-order chi connectivity index (χ0) is 12.9. The summed E-state index contributed by atoms with van der Waals surface area (Å²) in [6, 6.07) is -0.0816. The molecule has 0 aromatic carbocycles. The Kier molecular flexibility index (Phi) is 5.89. The van der Waals surface area contributed by atoms with E-state index >= 15 is 0 Å². The lowest BCUT2D eigenvalue weighted by Crippen LogP contribution is -2.50. The second kappa shape index (κ2) is 6.71. The first-order chi connectivity index (χ1) is 8.01. The average Bonchev–Trinajstić information content (AvgIpc) is 2.26. The third-order valence-corrected chi connectivity index (χ3v) is 6.07. The summed E-state index contributed by atoms with van der Waals surface area (Å²) >= 11 is 0. The van der Waals surface area contributed by atoms with Gasteiger partial charge in [0.2, 0.25) is 0 Å². The molecule has 0 spiro atoms. The van der Waals surface area contributed by atoms with Crippen molar-refractivity contribution in [1.82, 2.24) is 5.43 Å². The molecular formula is C12H26N2O2S. The first-order valence-corrected chi connectivity index (χ1v) is 8.40. The summed E-state index contributed by atoms with van der Waals surface area (Å²) < 4.78 is 24.1. The van der Waals surface area contributed by atoms with Gasteiger partial charge in [-0.2, -0.15) is 0 Å².